The number of halogens is 3. The van der Waals surface area contributed by atoms with Gasteiger partial charge in [-0.15, -0.1) is 0 Å². The van der Waals surface area contributed by atoms with Crippen molar-refractivity contribution in [3.05, 3.63) is 61.2 Å². The highest BCUT2D eigenvalue weighted by molar-refractivity contribution is 7.42. The monoisotopic (exact) mass is 581 g/mol. The van der Waals surface area contributed by atoms with Crippen LogP contribution in [0.4, 0.5) is 19.0 Å². The summed E-state index contributed by atoms with van der Waals surface area (Å²) in [6, 6.07) is 14.0. The molecule has 2 N–H and O–H groups in total. The zero-order valence-corrected chi connectivity index (χ0v) is 22.4. The van der Waals surface area contributed by atoms with E-state index < -0.39 is 34.0 Å². The smallest absolute Gasteiger partial charge is 0.463 e. The zero-order valence-electron chi connectivity index (χ0n) is 21.5. The molecule has 11 nitrogen and oxygen atoms in total. The van der Waals surface area contributed by atoms with Crippen LogP contribution in [0.5, 0.6) is 23.0 Å². The van der Waals surface area contributed by atoms with E-state index in [9.17, 15) is 8.78 Å². The van der Waals surface area contributed by atoms with Gasteiger partial charge < -0.3 is 29.0 Å². The first-order valence-electron chi connectivity index (χ1n) is 11.9. The molecule has 0 spiro atoms. The van der Waals surface area contributed by atoms with Gasteiger partial charge in [-0.25, -0.2) is 28.1 Å². The Morgan fingerprint density at radius 2 is 1.48 bits per heavy atom. The van der Waals surface area contributed by atoms with Gasteiger partial charge in [-0.05, 0) is 48.5 Å². The number of imidazole rings is 1. The number of hydrogen-bond donors (Lipinski definition) is 1. The summed E-state index contributed by atoms with van der Waals surface area (Å²) in [6.45, 7) is -1.71. The summed E-state index contributed by atoms with van der Waals surface area (Å²) in [7, 11) is 1.26. The fourth-order valence-corrected chi connectivity index (χ4v) is 4.79. The van der Waals surface area contributed by atoms with Crippen LogP contribution in [-0.4, -0.2) is 59.5 Å². The number of nitrogen functional groups attached to an aromatic ring is 1. The highest BCUT2D eigenvalue weighted by Crippen LogP contribution is 2.43. The Kier molecular flexibility index (Phi) is 10.2. The van der Waals surface area contributed by atoms with Gasteiger partial charge in [0.15, 0.2) is 17.7 Å². The van der Waals surface area contributed by atoms with E-state index in [0.29, 0.717) is 34.2 Å². The average molecular weight is 581 g/mol. The van der Waals surface area contributed by atoms with Gasteiger partial charge in [0, 0.05) is 6.42 Å². The van der Waals surface area contributed by atoms with Crippen LogP contribution >= 0.6 is 8.60 Å². The Balaban J connectivity index is 0.00000118. The Labute approximate surface area is 229 Å². The third kappa shape index (κ3) is 7.20. The van der Waals surface area contributed by atoms with Crippen LogP contribution in [0.3, 0.4) is 0 Å². The largest absolute Gasteiger partial charge is 0.497 e. The molecule has 2 aromatic carbocycles. The van der Waals surface area contributed by atoms with E-state index in [0.717, 1.165) is 0 Å². The van der Waals surface area contributed by atoms with Gasteiger partial charge in [0.25, 0.3) is 0 Å². The van der Waals surface area contributed by atoms with Gasteiger partial charge in [0.2, 0.25) is 6.93 Å². The van der Waals surface area contributed by atoms with E-state index >= 15 is 4.39 Å². The number of hydrogen-bond acceptors (Lipinski definition) is 10. The normalized spacial score (nSPS) is 18.3. The lowest BCUT2D eigenvalue weighted by Gasteiger charge is -2.20. The number of fused-ring (bicyclic) bond motifs is 1. The lowest BCUT2D eigenvalue weighted by atomic mass is 10.2. The van der Waals surface area contributed by atoms with E-state index in [4.69, 9.17) is 33.5 Å². The summed E-state index contributed by atoms with van der Waals surface area (Å²) >= 11 is 0. The molecular weight excluding hydrogens is 554 g/mol. The molecule has 1 saturated heterocycles. The molecule has 5 rings (SSSR count). The van der Waals surface area contributed by atoms with Crippen LogP contribution in [0, 0.1) is 0 Å². The maximum atomic E-state index is 15.0. The van der Waals surface area contributed by atoms with Crippen molar-refractivity contribution in [2.45, 2.75) is 24.9 Å². The lowest BCUT2D eigenvalue weighted by Crippen LogP contribution is -2.18. The van der Waals surface area contributed by atoms with Gasteiger partial charge in [-0.3, -0.25) is 9.09 Å². The number of ether oxygens (including phenoxy) is 3. The topological polar surface area (TPSA) is 125 Å². The van der Waals surface area contributed by atoms with Crippen molar-refractivity contribution in [1.82, 2.24) is 19.5 Å². The maximum Gasteiger partial charge on any atom is 0.463 e. The molecule has 40 heavy (non-hydrogen) atoms. The Hall–Kier alpha value is -3.87. The molecule has 3 unspecified atom stereocenters. The van der Waals surface area contributed by atoms with E-state index in [1.165, 1.54) is 17.2 Å². The molecule has 1 aliphatic heterocycles. The minimum Gasteiger partial charge on any atom is -0.497 e. The second kappa shape index (κ2) is 14.0. The summed E-state index contributed by atoms with van der Waals surface area (Å²) in [5, 5.41) is 0. The molecule has 0 bridgehead atoms. The fraction of sp³-hybridized carbons (Fsp3) is 0.320. The molecule has 0 aliphatic carbocycles. The Morgan fingerprint density at radius 3 is 2.02 bits per heavy atom. The summed E-state index contributed by atoms with van der Waals surface area (Å²) in [5.41, 5.74) is 6.64. The number of aromatic nitrogens is 4. The molecular formula is C25H27F3N5O6P. The van der Waals surface area contributed by atoms with Crippen LogP contribution in [0.25, 0.3) is 11.2 Å². The summed E-state index contributed by atoms with van der Waals surface area (Å²) < 4.78 is 70.0. The first-order valence-corrected chi connectivity index (χ1v) is 13.0. The molecule has 4 aromatic rings. The minimum atomic E-state index is -1.90. The number of nitrogens with two attached hydrogens (primary N) is 1. The number of methoxy groups -OCH3 is 2. The van der Waals surface area contributed by atoms with Crippen molar-refractivity contribution in [3.63, 3.8) is 0 Å². The summed E-state index contributed by atoms with van der Waals surface area (Å²) in [5.74, 6) is 2.64. The predicted molar refractivity (Wildman–Crippen MR) is 140 cm³/mol. The second-order valence-electron chi connectivity index (χ2n) is 8.14. The zero-order chi connectivity index (χ0) is 28.5. The molecule has 0 saturated carbocycles. The lowest BCUT2D eigenvalue weighted by molar-refractivity contribution is -0.0321. The van der Waals surface area contributed by atoms with Crippen LogP contribution in [0.2, 0.25) is 0 Å². The minimum absolute atomic E-state index is 0.0404. The molecule has 0 amide bonds. The molecule has 214 valence electrons. The first kappa shape index (κ1) is 29.1. The van der Waals surface area contributed by atoms with Gasteiger partial charge in [0.05, 0.1) is 33.3 Å². The maximum absolute atomic E-state index is 15.0. The summed E-state index contributed by atoms with van der Waals surface area (Å²) in [6.07, 6.45) is 0.0730. The molecule has 15 heteroatoms. The number of alkyl halides is 3. The van der Waals surface area contributed by atoms with E-state index in [1.54, 1.807) is 62.8 Å². The average Bonchev–Trinajstić information content (AvgIpc) is 3.56. The quantitative estimate of drug-likeness (QED) is 0.246. The molecule has 0 radical (unpaired) electrons. The van der Waals surface area contributed by atoms with Gasteiger partial charge in [0.1, 0.15) is 41.0 Å². The highest BCUT2D eigenvalue weighted by atomic mass is 31.2. The van der Waals surface area contributed by atoms with E-state index in [1.807, 2.05) is 0 Å². The molecule has 2 aromatic heterocycles. The number of nitrogens with zero attached hydrogens (tertiary/aromatic N) is 4. The van der Waals surface area contributed by atoms with Crippen LogP contribution in [0.15, 0.2) is 61.2 Å². The number of rotatable bonds is 10. The number of benzene rings is 2. The van der Waals surface area contributed by atoms with Crippen molar-refractivity contribution in [3.8, 4) is 23.0 Å². The Morgan fingerprint density at radius 1 is 0.925 bits per heavy atom. The van der Waals surface area contributed by atoms with Gasteiger partial charge >= 0.3 is 8.60 Å². The van der Waals surface area contributed by atoms with Crippen LogP contribution in [0.1, 0.15) is 12.6 Å². The van der Waals surface area contributed by atoms with Crippen molar-refractivity contribution in [2.24, 2.45) is 0 Å². The summed E-state index contributed by atoms with van der Waals surface area (Å²) in [4.78, 5) is 12.3. The molecule has 1 aliphatic rings. The SMILES string of the molecule is COc1ccc(OP(OCC2CC(F)C(n3cnc4c(N)ncnc43)O2)Oc2ccc(OC)cc2)cc1.FCF. The highest BCUT2D eigenvalue weighted by Gasteiger charge is 2.38. The predicted octanol–water partition coefficient (Wildman–Crippen LogP) is 5.34. The van der Waals surface area contributed by atoms with Crippen molar-refractivity contribution in [2.75, 3.05) is 33.5 Å². The number of anilines is 1. The Bertz CT molecular complexity index is 1300. The van der Waals surface area contributed by atoms with Crippen molar-refractivity contribution >= 4 is 25.6 Å². The van der Waals surface area contributed by atoms with Crippen molar-refractivity contribution < 1.29 is 41.0 Å². The van der Waals surface area contributed by atoms with Gasteiger partial charge in [-0.2, -0.15) is 0 Å². The first-order chi connectivity index (χ1) is 19.4. The van der Waals surface area contributed by atoms with Gasteiger partial charge in [-0.1, -0.05) is 0 Å². The van der Waals surface area contributed by atoms with E-state index in [2.05, 4.69) is 15.0 Å². The molecule has 3 heterocycles. The second-order valence-corrected chi connectivity index (χ2v) is 9.21. The van der Waals surface area contributed by atoms with E-state index in [-0.39, 0.29) is 18.8 Å². The third-order valence-corrected chi connectivity index (χ3v) is 6.71. The van der Waals surface area contributed by atoms with Crippen molar-refractivity contribution in [1.29, 1.82) is 0 Å². The fourth-order valence-electron chi connectivity index (χ4n) is 3.77. The van der Waals surface area contributed by atoms with Crippen LogP contribution in [-0.2, 0) is 9.26 Å². The third-order valence-electron chi connectivity index (χ3n) is 5.64. The standard InChI is InChI=1S/C24H25FN5O6P.CH2F2/c1-31-15-3-7-17(8-4-15)35-37(36-18-9-5-16(32-2)6-10-18)33-12-19-11-20(25)24(34-19)30-14-29-21-22(26)27-13-28-23(21)30;2-1-3/h3-10,13-14,19-20,24H,11-12H2,1-2H3,(H2,26,27,28);1H2. The van der Waals surface area contributed by atoms with Crippen LogP contribution < -0.4 is 24.3 Å². The molecule has 1 fully saturated rings. The molecule has 3 atom stereocenters.